The Morgan fingerprint density at radius 2 is 1.97 bits per heavy atom. The van der Waals surface area contributed by atoms with Crippen molar-refractivity contribution in [1.29, 1.82) is 0 Å². The Morgan fingerprint density at radius 3 is 2.78 bits per heavy atom. The molecule has 1 aromatic carbocycles. The van der Waals surface area contributed by atoms with Gasteiger partial charge >= 0.3 is 0 Å². The van der Waals surface area contributed by atoms with Gasteiger partial charge in [0.25, 0.3) is 0 Å². The molecule has 0 aliphatic carbocycles. The van der Waals surface area contributed by atoms with Crippen LogP contribution in [0.15, 0.2) is 42.7 Å². The maximum Gasteiger partial charge on any atom is 0.223 e. The molecule has 2 aromatic heterocycles. The minimum absolute atomic E-state index is 0.276. The number of hydrogen-bond acceptors (Lipinski definition) is 4. The van der Waals surface area contributed by atoms with Crippen LogP contribution in [-0.4, -0.2) is 71.6 Å². The molecule has 6 heteroatoms. The van der Waals surface area contributed by atoms with E-state index in [0.29, 0.717) is 12.3 Å². The molecule has 2 aliphatic heterocycles. The van der Waals surface area contributed by atoms with E-state index in [1.165, 1.54) is 27.8 Å². The van der Waals surface area contributed by atoms with Crippen molar-refractivity contribution in [1.82, 2.24) is 19.8 Å². The van der Waals surface area contributed by atoms with E-state index in [1.54, 1.807) is 0 Å². The summed E-state index contributed by atoms with van der Waals surface area (Å²) in [6.07, 6.45) is 6.44. The van der Waals surface area contributed by atoms with Gasteiger partial charge in [0.2, 0.25) is 5.91 Å². The number of amides is 1. The first-order chi connectivity index (χ1) is 15.7. The molecule has 2 fully saturated rings. The highest BCUT2D eigenvalue weighted by Crippen LogP contribution is 2.39. The summed E-state index contributed by atoms with van der Waals surface area (Å²) in [5, 5.41) is 1.25. The third-order valence-electron chi connectivity index (χ3n) is 6.88. The van der Waals surface area contributed by atoms with Crippen molar-refractivity contribution in [3.05, 3.63) is 54.0 Å². The lowest BCUT2D eigenvalue weighted by Gasteiger charge is -2.34. The van der Waals surface area contributed by atoms with E-state index in [4.69, 9.17) is 4.74 Å². The Morgan fingerprint density at radius 1 is 1.16 bits per heavy atom. The number of aryl methyl sites for hydroxylation is 1. The van der Waals surface area contributed by atoms with Crippen LogP contribution in [0.5, 0.6) is 0 Å². The molecule has 1 N–H and O–H groups in total. The third kappa shape index (κ3) is 4.43. The predicted octanol–water partition coefficient (Wildman–Crippen LogP) is 3.97. The summed E-state index contributed by atoms with van der Waals surface area (Å²) >= 11 is 0. The Kier molecular flexibility index (Phi) is 6.23. The molecule has 5 rings (SSSR count). The van der Waals surface area contributed by atoms with Crippen LogP contribution in [0, 0.1) is 6.92 Å². The first-order valence-electron chi connectivity index (χ1n) is 11.8. The van der Waals surface area contributed by atoms with Gasteiger partial charge in [-0.25, -0.2) is 0 Å². The summed E-state index contributed by atoms with van der Waals surface area (Å²) in [6, 6.07) is 10.8. The standard InChI is InChI=1S/C26H32N4O2/c1-19-4-5-23-22(17-19)25(20-6-9-27-10-7-20)26(28-23)21-3-2-11-30(18-21)24(31)8-12-29-13-15-32-16-14-29/h4-7,9-10,17,21,28H,2-3,8,11-16,18H2,1H3/t21-/m1/s1. The number of hydrogen-bond donors (Lipinski definition) is 1. The lowest BCUT2D eigenvalue weighted by atomic mass is 9.89. The molecular weight excluding hydrogens is 400 g/mol. The average Bonchev–Trinajstić information content (AvgIpc) is 3.22. The quantitative estimate of drug-likeness (QED) is 0.663. The van der Waals surface area contributed by atoms with Gasteiger partial charge in [-0.1, -0.05) is 11.6 Å². The highest BCUT2D eigenvalue weighted by molar-refractivity contribution is 5.98. The molecule has 1 amide bonds. The number of carbonyl (C=O) groups excluding carboxylic acids is 1. The van der Waals surface area contributed by atoms with Crippen molar-refractivity contribution in [2.24, 2.45) is 0 Å². The van der Waals surface area contributed by atoms with Crippen molar-refractivity contribution in [2.75, 3.05) is 45.9 Å². The number of aromatic amines is 1. The largest absolute Gasteiger partial charge is 0.379 e. The molecule has 2 saturated heterocycles. The number of rotatable bonds is 5. The first-order valence-corrected chi connectivity index (χ1v) is 11.8. The topological polar surface area (TPSA) is 61.5 Å². The molecule has 6 nitrogen and oxygen atoms in total. The molecule has 0 unspecified atom stereocenters. The molecular formula is C26H32N4O2. The van der Waals surface area contributed by atoms with Gasteiger partial charge in [-0.05, 0) is 49.6 Å². The summed E-state index contributed by atoms with van der Waals surface area (Å²) in [6.45, 7) is 8.03. The number of piperidine rings is 1. The maximum absolute atomic E-state index is 13.0. The number of fused-ring (bicyclic) bond motifs is 1. The van der Waals surface area contributed by atoms with Gasteiger partial charge < -0.3 is 14.6 Å². The number of ether oxygens (including phenoxy) is 1. The van der Waals surface area contributed by atoms with Gasteiger partial charge in [0.15, 0.2) is 0 Å². The van der Waals surface area contributed by atoms with Crippen molar-refractivity contribution in [2.45, 2.75) is 32.1 Å². The average molecular weight is 433 g/mol. The zero-order valence-corrected chi connectivity index (χ0v) is 18.8. The number of carbonyl (C=O) groups is 1. The molecule has 2 aliphatic rings. The van der Waals surface area contributed by atoms with Crippen LogP contribution in [0.25, 0.3) is 22.0 Å². The van der Waals surface area contributed by atoms with Crippen LogP contribution >= 0.6 is 0 Å². The van der Waals surface area contributed by atoms with Crippen LogP contribution in [0.1, 0.15) is 36.4 Å². The van der Waals surface area contributed by atoms with Crippen LogP contribution in [0.3, 0.4) is 0 Å². The number of aromatic nitrogens is 2. The van der Waals surface area contributed by atoms with Crippen LogP contribution in [0.4, 0.5) is 0 Å². The van der Waals surface area contributed by atoms with Gasteiger partial charge in [0.05, 0.1) is 13.2 Å². The Labute approximate surface area is 189 Å². The van der Waals surface area contributed by atoms with E-state index in [2.05, 4.69) is 57.0 Å². The molecule has 4 heterocycles. The molecule has 1 atom stereocenters. The number of likely N-dealkylation sites (tertiary alicyclic amines) is 1. The Balaban J connectivity index is 1.38. The minimum atomic E-state index is 0.276. The second-order valence-corrected chi connectivity index (χ2v) is 9.08. The number of nitrogens with zero attached hydrogens (tertiary/aromatic N) is 3. The smallest absolute Gasteiger partial charge is 0.223 e. The van der Waals surface area contributed by atoms with Crippen LogP contribution < -0.4 is 0 Å². The summed E-state index contributed by atoms with van der Waals surface area (Å²) in [7, 11) is 0. The van der Waals surface area contributed by atoms with E-state index < -0.39 is 0 Å². The number of nitrogens with one attached hydrogen (secondary N) is 1. The summed E-state index contributed by atoms with van der Waals surface area (Å²) < 4.78 is 5.42. The van der Waals surface area contributed by atoms with Gasteiger partial charge in [-0.3, -0.25) is 14.7 Å². The minimum Gasteiger partial charge on any atom is -0.379 e. The number of H-pyrrole nitrogens is 1. The lowest BCUT2D eigenvalue weighted by molar-refractivity contribution is -0.133. The van der Waals surface area contributed by atoms with Gasteiger partial charge in [0, 0.05) is 79.6 Å². The highest BCUT2D eigenvalue weighted by Gasteiger charge is 2.29. The fraction of sp³-hybridized carbons (Fsp3) is 0.462. The molecule has 3 aromatic rings. The fourth-order valence-corrected chi connectivity index (χ4v) is 5.14. The molecule has 0 bridgehead atoms. The van der Waals surface area contributed by atoms with Crippen molar-refractivity contribution in [3.8, 4) is 11.1 Å². The van der Waals surface area contributed by atoms with Crippen molar-refractivity contribution < 1.29 is 9.53 Å². The molecule has 0 radical (unpaired) electrons. The summed E-state index contributed by atoms with van der Waals surface area (Å²) in [4.78, 5) is 25.4. The lowest BCUT2D eigenvalue weighted by Crippen LogP contribution is -2.42. The number of pyridine rings is 1. The monoisotopic (exact) mass is 432 g/mol. The molecule has 0 saturated carbocycles. The van der Waals surface area contributed by atoms with E-state index in [9.17, 15) is 4.79 Å². The second kappa shape index (κ2) is 9.43. The summed E-state index contributed by atoms with van der Waals surface area (Å²) in [5.74, 6) is 0.588. The molecule has 0 spiro atoms. The zero-order valence-electron chi connectivity index (χ0n) is 18.8. The number of morpholine rings is 1. The fourth-order valence-electron chi connectivity index (χ4n) is 5.14. The third-order valence-corrected chi connectivity index (χ3v) is 6.88. The van der Waals surface area contributed by atoms with Gasteiger partial charge in [-0.2, -0.15) is 0 Å². The Bertz CT molecular complexity index is 1070. The SMILES string of the molecule is Cc1ccc2[nH]c([C@@H]3CCCN(C(=O)CCN4CCOCC4)C3)c(-c3ccncc3)c2c1. The van der Waals surface area contributed by atoms with E-state index in [1.807, 2.05) is 12.4 Å². The van der Waals surface area contributed by atoms with Gasteiger partial charge in [0.1, 0.15) is 0 Å². The summed E-state index contributed by atoms with van der Waals surface area (Å²) in [5.41, 5.74) is 6.11. The van der Waals surface area contributed by atoms with Gasteiger partial charge in [-0.15, -0.1) is 0 Å². The first kappa shape index (κ1) is 21.2. The van der Waals surface area contributed by atoms with Crippen LogP contribution in [-0.2, 0) is 9.53 Å². The van der Waals surface area contributed by atoms with Crippen molar-refractivity contribution >= 4 is 16.8 Å². The second-order valence-electron chi connectivity index (χ2n) is 9.08. The predicted molar refractivity (Wildman–Crippen MR) is 127 cm³/mol. The maximum atomic E-state index is 13.0. The number of benzene rings is 1. The molecule has 32 heavy (non-hydrogen) atoms. The van der Waals surface area contributed by atoms with Crippen molar-refractivity contribution in [3.63, 3.8) is 0 Å². The van der Waals surface area contributed by atoms with E-state index in [0.717, 1.165) is 64.3 Å². The molecule has 168 valence electrons. The van der Waals surface area contributed by atoms with E-state index in [-0.39, 0.29) is 5.91 Å². The van der Waals surface area contributed by atoms with E-state index >= 15 is 0 Å². The Hall–Kier alpha value is -2.70. The normalized spacial score (nSPS) is 20.0. The zero-order chi connectivity index (χ0) is 21.9. The highest BCUT2D eigenvalue weighted by atomic mass is 16.5. The van der Waals surface area contributed by atoms with Crippen LogP contribution in [0.2, 0.25) is 0 Å².